The van der Waals surface area contributed by atoms with Gasteiger partial charge in [0.05, 0.1) is 0 Å². The molecule has 0 aliphatic rings. The molecule has 0 aromatic heterocycles. The first kappa shape index (κ1) is 12.3. The third-order valence-corrected chi connectivity index (χ3v) is 2.74. The summed E-state index contributed by atoms with van der Waals surface area (Å²) in [4.78, 5) is 10.4. The predicted octanol–water partition coefficient (Wildman–Crippen LogP) is 3.32. The number of hydrogen-bond donors (Lipinski definition) is 1. The molecule has 2 aromatic rings. The summed E-state index contributed by atoms with van der Waals surface area (Å²) < 4.78 is 13.0. The molecule has 0 aliphatic carbocycles. The number of aliphatic carboxylic acids is 1. The summed E-state index contributed by atoms with van der Waals surface area (Å²) in [5, 5.41) is 8.50. The number of hydrogen-bond acceptors (Lipinski definition) is 1. The highest BCUT2D eigenvalue weighted by Crippen LogP contribution is 2.19. The monoisotopic (exact) mass is 244 g/mol. The van der Waals surface area contributed by atoms with Crippen molar-refractivity contribution >= 4 is 5.97 Å². The molecule has 0 heterocycles. The Bertz CT molecular complexity index is 520. The van der Waals surface area contributed by atoms with Gasteiger partial charge in [0, 0.05) is 6.42 Å². The second kappa shape index (κ2) is 5.45. The molecular weight excluding hydrogens is 231 g/mol. The van der Waals surface area contributed by atoms with Crippen LogP contribution in [0.2, 0.25) is 0 Å². The maximum atomic E-state index is 13.0. The topological polar surface area (TPSA) is 37.3 Å². The largest absolute Gasteiger partial charge is 0.479 e. The second-order valence-corrected chi connectivity index (χ2v) is 4.07. The average molecular weight is 244 g/mol. The minimum atomic E-state index is -1.84. The molecule has 0 bridgehead atoms. The molecule has 0 spiro atoms. The maximum Gasteiger partial charge on any atom is 0.338 e. The average Bonchev–Trinajstić information content (AvgIpc) is 2.40. The molecule has 0 saturated carbocycles. The van der Waals surface area contributed by atoms with Crippen molar-refractivity contribution in [2.45, 2.75) is 12.6 Å². The van der Waals surface area contributed by atoms with E-state index in [1.807, 2.05) is 42.5 Å². The fourth-order valence-electron chi connectivity index (χ4n) is 1.76. The van der Waals surface area contributed by atoms with Crippen molar-refractivity contribution in [3.8, 4) is 11.1 Å². The molecule has 2 rings (SSSR count). The highest BCUT2D eigenvalue weighted by Gasteiger charge is 2.15. The van der Waals surface area contributed by atoms with Crippen LogP contribution in [0.3, 0.4) is 0 Å². The van der Waals surface area contributed by atoms with Gasteiger partial charge in [0.2, 0.25) is 6.17 Å². The molecule has 2 aromatic carbocycles. The number of carboxylic acid groups (broad SMARTS) is 1. The van der Waals surface area contributed by atoms with Crippen LogP contribution in [0.5, 0.6) is 0 Å². The summed E-state index contributed by atoms with van der Waals surface area (Å²) in [5.41, 5.74) is 2.80. The molecule has 1 atom stereocenters. The number of carbonyl (C=O) groups is 1. The van der Waals surface area contributed by atoms with Gasteiger partial charge < -0.3 is 5.11 Å². The molecule has 2 nitrogen and oxygen atoms in total. The van der Waals surface area contributed by atoms with E-state index in [0.29, 0.717) is 5.56 Å². The van der Waals surface area contributed by atoms with Crippen molar-refractivity contribution < 1.29 is 14.3 Å². The van der Waals surface area contributed by atoms with Crippen molar-refractivity contribution in [3.05, 3.63) is 60.2 Å². The van der Waals surface area contributed by atoms with Crippen LogP contribution in [-0.2, 0) is 11.2 Å². The van der Waals surface area contributed by atoms with Gasteiger partial charge in [-0.2, -0.15) is 0 Å². The lowest BCUT2D eigenvalue weighted by Crippen LogP contribution is -2.16. The summed E-state index contributed by atoms with van der Waals surface area (Å²) in [5.74, 6) is -1.41. The normalized spacial score (nSPS) is 12.1. The molecule has 92 valence electrons. The van der Waals surface area contributed by atoms with E-state index in [-0.39, 0.29) is 6.42 Å². The summed E-state index contributed by atoms with van der Waals surface area (Å²) >= 11 is 0. The summed E-state index contributed by atoms with van der Waals surface area (Å²) in [7, 11) is 0. The predicted molar refractivity (Wildman–Crippen MR) is 68.1 cm³/mol. The molecule has 3 heteroatoms. The van der Waals surface area contributed by atoms with Gasteiger partial charge in [-0.25, -0.2) is 9.18 Å². The van der Waals surface area contributed by atoms with Gasteiger partial charge in [-0.1, -0.05) is 54.6 Å². The third kappa shape index (κ3) is 2.94. The van der Waals surface area contributed by atoms with Crippen molar-refractivity contribution in [1.29, 1.82) is 0 Å². The Morgan fingerprint density at radius 1 is 1.00 bits per heavy atom. The second-order valence-electron chi connectivity index (χ2n) is 4.07. The quantitative estimate of drug-likeness (QED) is 0.895. The van der Waals surface area contributed by atoms with Gasteiger partial charge in [-0.05, 0) is 16.7 Å². The Balaban J connectivity index is 2.13. The molecule has 1 N–H and O–H groups in total. The Labute approximate surface area is 105 Å². The SMILES string of the molecule is O=C(O)C(F)Cc1ccc(-c2ccccc2)cc1. The van der Waals surface area contributed by atoms with Crippen LogP contribution in [0.15, 0.2) is 54.6 Å². The van der Waals surface area contributed by atoms with Crippen LogP contribution in [0.25, 0.3) is 11.1 Å². The standard InChI is InChI=1S/C15H13FO2/c16-14(15(17)18)10-11-6-8-13(9-7-11)12-4-2-1-3-5-12/h1-9,14H,10H2,(H,17,18). The van der Waals surface area contributed by atoms with Crippen LogP contribution in [-0.4, -0.2) is 17.2 Å². The summed E-state index contributed by atoms with van der Waals surface area (Å²) in [6, 6.07) is 17.1. The first-order valence-electron chi connectivity index (χ1n) is 5.68. The van der Waals surface area contributed by atoms with Crippen molar-refractivity contribution in [3.63, 3.8) is 0 Å². The molecule has 0 amide bonds. The Kier molecular flexibility index (Phi) is 3.72. The van der Waals surface area contributed by atoms with Crippen LogP contribution >= 0.6 is 0 Å². The van der Waals surface area contributed by atoms with E-state index in [0.717, 1.165) is 11.1 Å². The summed E-state index contributed by atoms with van der Waals surface area (Å²) in [6.45, 7) is 0. The fourth-order valence-corrected chi connectivity index (χ4v) is 1.76. The van der Waals surface area contributed by atoms with E-state index in [4.69, 9.17) is 5.11 Å². The zero-order valence-corrected chi connectivity index (χ0v) is 9.71. The molecule has 0 radical (unpaired) electrons. The Morgan fingerprint density at radius 2 is 1.56 bits per heavy atom. The first-order chi connectivity index (χ1) is 8.66. The van der Waals surface area contributed by atoms with Crippen LogP contribution in [0.4, 0.5) is 4.39 Å². The number of carboxylic acids is 1. The minimum Gasteiger partial charge on any atom is -0.479 e. The van der Waals surface area contributed by atoms with E-state index in [1.165, 1.54) is 0 Å². The number of halogens is 1. The Morgan fingerprint density at radius 3 is 2.11 bits per heavy atom. The zero-order valence-electron chi connectivity index (χ0n) is 9.71. The van der Waals surface area contributed by atoms with Gasteiger partial charge in [0.1, 0.15) is 0 Å². The lowest BCUT2D eigenvalue weighted by Gasteiger charge is -2.05. The fraction of sp³-hybridized carbons (Fsp3) is 0.133. The van der Waals surface area contributed by atoms with E-state index in [1.54, 1.807) is 12.1 Å². The van der Waals surface area contributed by atoms with Crippen molar-refractivity contribution in [2.24, 2.45) is 0 Å². The van der Waals surface area contributed by atoms with Gasteiger partial charge in [0.25, 0.3) is 0 Å². The van der Waals surface area contributed by atoms with Crippen molar-refractivity contribution in [2.75, 3.05) is 0 Å². The van der Waals surface area contributed by atoms with Gasteiger partial charge >= 0.3 is 5.97 Å². The molecule has 0 saturated heterocycles. The van der Waals surface area contributed by atoms with Crippen LogP contribution in [0.1, 0.15) is 5.56 Å². The van der Waals surface area contributed by atoms with E-state index < -0.39 is 12.1 Å². The summed E-state index contributed by atoms with van der Waals surface area (Å²) in [6.07, 6.45) is -1.93. The van der Waals surface area contributed by atoms with E-state index in [9.17, 15) is 9.18 Å². The maximum absolute atomic E-state index is 13.0. The number of alkyl halides is 1. The van der Waals surface area contributed by atoms with E-state index >= 15 is 0 Å². The minimum absolute atomic E-state index is 0.0929. The number of rotatable bonds is 4. The van der Waals surface area contributed by atoms with E-state index in [2.05, 4.69) is 0 Å². The van der Waals surface area contributed by atoms with Crippen LogP contribution in [0, 0.1) is 0 Å². The lowest BCUT2D eigenvalue weighted by molar-refractivity contribution is -0.142. The third-order valence-electron chi connectivity index (χ3n) is 2.74. The lowest BCUT2D eigenvalue weighted by atomic mass is 10.0. The first-order valence-corrected chi connectivity index (χ1v) is 5.68. The zero-order chi connectivity index (χ0) is 13.0. The highest BCUT2D eigenvalue weighted by atomic mass is 19.1. The molecule has 1 unspecified atom stereocenters. The molecule has 0 aliphatic heterocycles. The van der Waals surface area contributed by atoms with Gasteiger partial charge in [-0.15, -0.1) is 0 Å². The molecular formula is C15H13FO2. The van der Waals surface area contributed by atoms with Crippen molar-refractivity contribution in [1.82, 2.24) is 0 Å². The Hall–Kier alpha value is -2.16. The highest BCUT2D eigenvalue weighted by molar-refractivity contribution is 5.72. The number of benzene rings is 2. The smallest absolute Gasteiger partial charge is 0.338 e. The van der Waals surface area contributed by atoms with Crippen LogP contribution < -0.4 is 0 Å². The van der Waals surface area contributed by atoms with Gasteiger partial charge in [-0.3, -0.25) is 0 Å². The van der Waals surface area contributed by atoms with Gasteiger partial charge in [0.15, 0.2) is 0 Å². The molecule has 18 heavy (non-hydrogen) atoms. The molecule has 0 fully saturated rings.